The highest BCUT2D eigenvalue weighted by Crippen LogP contribution is 2.27. The van der Waals surface area contributed by atoms with Crippen molar-refractivity contribution in [3.05, 3.63) is 88.2 Å². The van der Waals surface area contributed by atoms with Crippen LogP contribution in [0, 0.1) is 0 Å². The minimum absolute atomic E-state index is 0.200. The van der Waals surface area contributed by atoms with Crippen molar-refractivity contribution in [3.8, 4) is 11.5 Å². The summed E-state index contributed by atoms with van der Waals surface area (Å²) in [5, 5.41) is 11.5. The van der Waals surface area contributed by atoms with Crippen LogP contribution in [0.5, 0.6) is 11.5 Å². The maximum absolute atomic E-state index is 12.7. The van der Waals surface area contributed by atoms with Gasteiger partial charge >= 0.3 is 0 Å². The number of benzene rings is 3. The zero-order valence-corrected chi connectivity index (χ0v) is 19.8. The third-order valence-corrected chi connectivity index (χ3v) is 6.23. The average molecular weight is 488 g/mol. The predicted molar refractivity (Wildman–Crippen MR) is 135 cm³/mol. The first-order chi connectivity index (χ1) is 17.1. The molecule has 5 rings (SSSR count). The first-order valence-electron chi connectivity index (χ1n) is 10.7. The van der Waals surface area contributed by atoms with Crippen LogP contribution < -0.4 is 25.7 Å². The number of hydrogen-bond donors (Lipinski definition) is 2. The summed E-state index contributed by atoms with van der Waals surface area (Å²) in [6, 6.07) is 19.7. The molecule has 0 atom stereocenters. The minimum atomic E-state index is -0.212. The number of methoxy groups -OCH3 is 2. The summed E-state index contributed by atoms with van der Waals surface area (Å²) < 4.78 is 11.8. The van der Waals surface area contributed by atoms with Gasteiger partial charge in [-0.05, 0) is 54.1 Å². The molecule has 0 aliphatic carbocycles. The van der Waals surface area contributed by atoms with Crippen LogP contribution >= 0.6 is 11.3 Å². The molecular weight excluding hydrogens is 466 g/mol. The summed E-state index contributed by atoms with van der Waals surface area (Å²) in [5.41, 5.74) is 2.57. The van der Waals surface area contributed by atoms with E-state index >= 15 is 0 Å². The number of aromatic nitrogens is 3. The molecule has 35 heavy (non-hydrogen) atoms. The fraction of sp³-hybridized carbons (Fsp3) is 0.120. The number of rotatable bonds is 7. The Labute approximate surface area is 204 Å². The van der Waals surface area contributed by atoms with Crippen molar-refractivity contribution in [2.45, 2.75) is 6.54 Å². The molecule has 10 heteroatoms. The van der Waals surface area contributed by atoms with E-state index in [1.165, 1.54) is 15.9 Å². The highest BCUT2D eigenvalue weighted by molar-refractivity contribution is 7.20. The number of ether oxygens (including phenoxy) is 2. The smallest absolute Gasteiger partial charge is 0.283 e. The molecule has 1 amide bonds. The maximum Gasteiger partial charge on any atom is 0.283 e. The number of carbonyl (C=O) groups excluding carboxylic acids is 1. The monoisotopic (exact) mass is 487 g/mol. The van der Waals surface area contributed by atoms with Crippen LogP contribution in [0.3, 0.4) is 0 Å². The van der Waals surface area contributed by atoms with Gasteiger partial charge in [-0.1, -0.05) is 29.5 Å². The molecule has 2 N–H and O–H groups in total. The Morgan fingerprint density at radius 2 is 1.77 bits per heavy atom. The van der Waals surface area contributed by atoms with Crippen LogP contribution in [0.15, 0.2) is 71.5 Å². The van der Waals surface area contributed by atoms with Crippen molar-refractivity contribution in [1.82, 2.24) is 19.9 Å². The topological polar surface area (TPSA) is 107 Å². The number of fused-ring (bicyclic) bond motifs is 2. The summed E-state index contributed by atoms with van der Waals surface area (Å²) in [7, 11) is 3.15. The molecular formula is C25H21N5O4S. The van der Waals surface area contributed by atoms with E-state index in [0.717, 1.165) is 11.3 Å². The highest BCUT2D eigenvalue weighted by atomic mass is 32.1. The molecule has 0 unspecified atom stereocenters. The summed E-state index contributed by atoms with van der Waals surface area (Å²) in [6.07, 6.45) is 0. The fourth-order valence-electron chi connectivity index (χ4n) is 3.61. The highest BCUT2D eigenvalue weighted by Gasteiger charge is 2.12. The third-order valence-electron chi connectivity index (χ3n) is 5.40. The van der Waals surface area contributed by atoms with Crippen molar-refractivity contribution in [1.29, 1.82) is 0 Å². The van der Waals surface area contributed by atoms with E-state index in [4.69, 9.17) is 9.47 Å². The van der Waals surface area contributed by atoms with Crippen LogP contribution in [0.4, 0.5) is 10.8 Å². The third kappa shape index (κ3) is 4.51. The second kappa shape index (κ2) is 9.43. The van der Waals surface area contributed by atoms with E-state index in [0.29, 0.717) is 44.6 Å². The van der Waals surface area contributed by atoms with Gasteiger partial charge in [-0.15, -0.1) is 5.10 Å². The van der Waals surface area contributed by atoms with Crippen LogP contribution in [-0.2, 0) is 6.54 Å². The van der Waals surface area contributed by atoms with E-state index < -0.39 is 0 Å². The lowest BCUT2D eigenvalue weighted by atomic mass is 10.1. The normalized spacial score (nSPS) is 10.9. The molecule has 9 nitrogen and oxygen atoms in total. The van der Waals surface area contributed by atoms with Crippen molar-refractivity contribution < 1.29 is 14.3 Å². The number of anilines is 2. The van der Waals surface area contributed by atoms with Crippen molar-refractivity contribution in [3.63, 3.8) is 0 Å². The Morgan fingerprint density at radius 3 is 2.54 bits per heavy atom. The van der Waals surface area contributed by atoms with Gasteiger partial charge in [0.1, 0.15) is 0 Å². The summed E-state index contributed by atoms with van der Waals surface area (Å²) >= 11 is 1.27. The number of nitrogens with one attached hydrogen (secondary N) is 2. The SMILES string of the molecule is COc1ccc(CNC(=O)c2ccc(Nc3nn4c(=O)c5ccccc5nc4s3)cc2)cc1OC. The van der Waals surface area contributed by atoms with Crippen LogP contribution in [0.1, 0.15) is 15.9 Å². The van der Waals surface area contributed by atoms with Crippen molar-refractivity contribution in [2.24, 2.45) is 0 Å². The molecule has 0 saturated carbocycles. The second-order valence-corrected chi connectivity index (χ2v) is 8.57. The van der Waals surface area contributed by atoms with E-state index in [1.54, 1.807) is 62.8 Å². The predicted octanol–water partition coefficient (Wildman–Crippen LogP) is 4.00. The lowest BCUT2D eigenvalue weighted by molar-refractivity contribution is 0.0951. The van der Waals surface area contributed by atoms with Gasteiger partial charge in [0, 0.05) is 17.8 Å². The molecule has 0 saturated heterocycles. The van der Waals surface area contributed by atoms with Gasteiger partial charge in [-0.2, -0.15) is 4.52 Å². The first kappa shape index (κ1) is 22.4. The van der Waals surface area contributed by atoms with Crippen LogP contribution in [-0.4, -0.2) is 34.7 Å². The van der Waals surface area contributed by atoms with Crippen molar-refractivity contribution in [2.75, 3.05) is 19.5 Å². The number of hydrogen-bond acceptors (Lipinski definition) is 8. The summed E-state index contributed by atoms with van der Waals surface area (Å²) in [6.45, 7) is 0.348. The Bertz CT molecular complexity index is 1590. The van der Waals surface area contributed by atoms with Crippen LogP contribution in [0.2, 0.25) is 0 Å². The Hall–Kier alpha value is -4.44. The van der Waals surface area contributed by atoms with E-state index in [9.17, 15) is 9.59 Å². The Kier molecular flexibility index (Phi) is 6.02. The molecule has 0 bridgehead atoms. The zero-order valence-electron chi connectivity index (χ0n) is 18.9. The van der Waals surface area contributed by atoms with E-state index in [-0.39, 0.29) is 11.5 Å². The lowest BCUT2D eigenvalue weighted by Crippen LogP contribution is -2.22. The molecule has 0 radical (unpaired) electrons. The van der Waals surface area contributed by atoms with Gasteiger partial charge in [-0.3, -0.25) is 9.59 Å². The lowest BCUT2D eigenvalue weighted by Gasteiger charge is -2.10. The van der Waals surface area contributed by atoms with Crippen molar-refractivity contribution >= 4 is 43.9 Å². The van der Waals surface area contributed by atoms with E-state index in [1.807, 2.05) is 18.2 Å². The molecule has 0 spiro atoms. The van der Waals surface area contributed by atoms with Gasteiger partial charge in [0.15, 0.2) is 11.5 Å². The zero-order chi connectivity index (χ0) is 24.4. The number of amides is 1. The van der Waals surface area contributed by atoms with Gasteiger partial charge in [0.2, 0.25) is 10.1 Å². The van der Waals surface area contributed by atoms with Gasteiger partial charge in [-0.25, -0.2) is 4.98 Å². The summed E-state index contributed by atoms with van der Waals surface area (Å²) in [4.78, 5) is 30.3. The van der Waals surface area contributed by atoms with Gasteiger partial charge < -0.3 is 20.1 Å². The molecule has 0 fully saturated rings. The number of carbonyl (C=O) groups is 1. The summed E-state index contributed by atoms with van der Waals surface area (Å²) in [5.74, 6) is 1.04. The minimum Gasteiger partial charge on any atom is -0.493 e. The fourth-order valence-corrected chi connectivity index (χ4v) is 4.43. The Morgan fingerprint density at radius 1 is 1.00 bits per heavy atom. The maximum atomic E-state index is 12.7. The molecule has 0 aliphatic heterocycles. The average Bonchev–Trinajstić information content (AvgIpc) is 3.30. The van der Waals surface area contributed by atoms with Gasteiger partial charge in [0.05, 0.1) is 25.1 Å². The Balaban J connectivity index is 1.27. The largest absolute Gasteiger partial charge is 0.493 e. The number of para-hydroxylation sites is 1. The van der Waals surface area contributed by atoms with Gasteiger partial charge in [0.25, 0.3) is 11.5 Å². The number of nitrogens with zero attached hydrogens (tertiary/aromatic N) is 3. The standard InChI is InChI=1S/C25H21N5O4S/c1-33-20-12-7-15(13-21(20)34-2)14-26-22(31)16-8-10-17(11-9-16)27-24-29-30-23(32)18-5-3-4-6-19(18)28-25(30)35-24/h3-13H,14H2,1-2H3,(H,26,31)(H,27,29). The molecule has 2 aromatic heterocycles. The van der Waals surface area contributed by atoms with Crippen LogP contribution in [0.25, 0.3) is 15.9 Å². The molecule has 2 heterocycles. The van der Waals surface area contributed by atoms with E-state index in [2.05, 4.69) is 20.7 Å². The molecule has 3 aromatic carbocycles. The first-order valence-corrected chi connectivity index (χ1v) is 11.5. The second-order valence-electron chi connectivity index (χ2n) is 7.61. The molecule has 0 aliphatic rings. The quantitative estimate of drug-likeness (QED) is 0.357. The molecule has 5 aromatic rings. The molecule has 176 valence electrons.